The van der Waals surface area contributed by atoms with Crippen molar-refractivity contribution in [3.8, 4) is 0 Å². The molecule has 0 spiro atoms. The molecule has 0 heterocycles. The van der Waals surface area contributed by atoms with E-state index in [2.05, 4.69) is 5.32 Å². The maximum absolute atomic E-state index is 12.3. The molecule has 4 heteroatoms. The smallest absolute Gasteiger partial charge is 0.331 e. The SMILES string of the molecule is CC(C(=O)O)=C(C)C(=O)NC(c1ccccc1)C(C)(C)C. The van der Waals surface area contributed by atoms with Gasteiger partial charge in [0.2, 0.25) is 5.91 Å². The molecule has 0 aromatic heterocycles. The molecule has 21 heavy (non-hydrogen) atoms. The van der Waals surface area contributed by atoms with Gasteiger partial charge in [-0.15, -0.1) is 0 Å². The van der Waals surface area contributed by atoms with E-state index in [4.69, 9.17) is 5.11 Å². The molecule has 0 aliphatic carbocycles. The summed E-state index contributed by atoms with van der Waals surface area (Å²) in [6, 6.07) is 9.49. The quantitative estimate of drug-likeness (QED) is 0.836. The molecule has 0 fully saturated rings. The van der Waals surface area contributed by atoms with Crippen molar-refractivity contribution in [1.82, 2.24) is 5.32 Å². The van der Waals surface area contributed by atoms with E-state index >= 15 is 0 Å². The fourth-order valence-corrected chi connectivity index (χ4v) is 2.02. The molecule has 0 bridgehead atoms. The number of carboxylic acid groups (broad SMARTS) is 1. The van der Waals surface area contributed by atoms with Crippen LogP contribution in [0.3, 0.4) is 0 Å². The highest BCUT2D eigenvalue weighted by Crippen LogP contribution is 2.32. The molecular weight excluding hydrogens is 266 g/mol. The van der Waals surface area contributed by atoms with E-state index in [9.17, 15) is 9.59 Å². The molecule has 0 saturated carbocycles. The van der Waals surface area contributed by atoms with Crippen LogP contribution in [-0.4, -0.2) is 17.0 Å². The van der Waals surface area contributed by atoms with E-state index in [1.807, 2.05) is 51.1 Å². The van der Waals surface area contributed by atoms with Crippen molar-refractivity contribution in [2.24, 2.45) is 5.41 Å². The third-order valence-electron chi connectivity index (χ3n) is 3.50. The Hall–Kier alpha value is -2.10. The van der Waals surface area contributed by atoms with Gasteiger partial charge in [0.1, 0.15) is 0 Å². The van der Waals surface area contributed by atoms with Gasteiger partial charge in [0.25, 0.3) is 0 Å². The van der Waals surface area contributed by atoms with Crippen LogP contribution in [0.4, 0.5) is 0 Å². The number of carboxylic acids is 1. The summed E-state index contributed by atoms with van der Waals surface area (Å²) in [6.07, 6.45) is 0. The lowest BCUT2D eigenvalue weighted by Crippen LogP contribution is -2.37. The normalized spacial score (nSPS) is 14.1. The molecule has 1 rings (SSSR count). The predicted molar refractivity (Wildman–Crippen MR) is 82.8 cm³/mol. The van der Waals surface area contributed by atoms with E-state index in [1.54, 1.807) is 0 Å². The van der Waals surface area contributed by atoms with Crippen molar-refractivity contribution < 1.29 is 14.7 Å². The zero-order chi connectivity index (χ0) is 16.2. The first kappa shape index (κ1) is 17.0. The molecule has 1 amide bonds. The van der Waals surface area contributed by atoms with Gasteiger partial charge in [0.15, 0.2) is 0 Å². The minimum Gasteiger partial charge on any atom is -0.478 e. The minimum atomic E-state index is -1.07. The van der Waals surface area contributed by atoms with Gasteiger partial charge >= 0.3 is 5.97 Å². The Morgan fingerprint density at radius 2 is 1.57 bits per heavy atom. The predicted octanol–water partition coefficient (Wildman–Crippen LogP) is 3.31. The number of carbonyl (C=O) groups excluding carboxylic acids is 1. The van der Waals surface area contributed by atoms with Crippen LogP contribution in [0.1, 0.15) is 46.2 Å². The Morgan fingerprint density at radius 1 is 1.05 bits per heavy atom. The third kappa shape index (κ3) is 4.45. The fourth-order valence-electron chi connectivity index (χ4n) is 2.02. The summed E-state index contributed by atoms with van der Waals surface area (Å²) in [6.45, 7) is 9.07. The lowest BCUT2D eigenvalue weighted by atomic mass is 9.82. The maximum atomic E-state index is 12.3. The summed E-state index contributed by atoms with van der Waals surface area (Å²) < 4.78 is 0. The number of hydrogen-bond acceptors (Lipinski definition) is 2. The van der Waals surface area contributed by atoms with Gasteiger partial charge in [-0.25, -0.2) is 4.79 Å². The summed E-state index contributed by atoms with van der Waals surface area (Å²) in [5.74, 6) is -1.42. The van der Waals surface area contributed by atoms with Crippen molar-refractivity contribution in [3.63, 3.8) is 0 Å². The highest BCUT2D eigenvalue weighted by Gasteiger charge is 2.28. The van der Waals surface area contributed by atoms with E-state index in [0.717, 1.165) is 5.56 Å². The second kappa shape index (κ2) is 6.57. The van der Waals surface area contributed by atoms with Crippen LogP contribution < -0.4 is 5.32 Å². The zero-order valence-electron chi connectivity index (χ0n) is 13.2. The zero-order valence-corrected chi connectivity index (χ0v) is 13.2. The van der Waals surface area contributed by atoms with Crippen LogP contribution in [0.5, 0.6) is 0 Å². The summed E-state index contributed by atoms with van der Waals surface area (Å²) in [4.78, 5) is 23.2. The summed E-state index contributed by atoms with van der Waals surface area (Å²) in [7, 11) is 0. The van der Waals surface area contributed by atoms with Crippen molar-refractivity contribution in [1.29, 1.82) is 0 Å². The standard InChI is InChI=1S/C17H23NO3/c1-11(12(2)16(20)21)15(19)18-14(17(3,4)5)13-9-7-6-8-10-13/h6-10,14H,1-5H3,(H,18,19)(H,20,21). The number of hydrogen-bond donors (Lipinski definition) is 2. The van der Waals surface area contributed by atoms with Gasteiger partial charge in [-0.1, -0.05) is 51.1 Å². The average Bonchev–Trinajstić information content (AvgIpc) is 2.42. The summed E-state index contributed by atoms with van der Waals surface area (Å²) in [5.41, 5.74) is 1.11. The van der Waals surface area contributed by atoms with Crippen LogP contribution in [-0.2, 0) is 9.59 Å². The number of benzene rings is 1. The first-order valence-corrected chi connectivity index (χ1v) is 6.91. The highest BCUT2D eigenvalue weighted by molar-refractivity contribution is 6.01. The van der Waals surface area contributed by atoms with Crippen molar-refractivity contribution in [2.75, 3.05) is 0 Å². The van der Waals surface area contributed by atoms with Crippen LogP contribution in [0.25, 0.3) is 0 Å². The first-order chi connectivity index (χ1) is 9.64. The summed E-state index contributed by atoms with van der Waals surface area (Å²) >= 11 is 0. The molecule has 0 saturated heterocycles. The molecule has 1 unspecified atom stereocenters. The summed E-state index contributed by atoms with van der Waals surface area (Å²) in [5, 5.41) is 11.9. The van der Waals surface area contributed by atoms with E-state index in [0.29, 0.717) is 0 Å². The van der Waals surface area contributed by atoms with Crippen LogP contribution >= 0.6 is 0 Å². The first-order valence-electron chi connectivity index (χ1n) is 6.91. The average molecular weight is 289 g/mol. The van der Waals surface area contributed by atoms with Crippen molar-refractivity contribution in [3.05, 3.63) is 47.0 Å². The Balaban J connectivity index is 3.08. The second-order valence-electron chi connectivity index (χ2n) is 6.24. The molecule has 1 aromatic rings. The number of aliphatic carboxylic acids is 1. The fraction of sp³-hybridized carbons (Fsp3) is 0.412. The Morgan fingerprint density at radius 3 is 2.00 bits per heavy atom. The molecule has 1 atom stereocenters. The van der Waals surface area contributed by atoms with E-state index in [-0.39, 0.29) is 28.5 Å². The molecule has 4 nitrogen and oxygen atoms in total. The molecular formula is C17H23NO3. The number of rotatable bonds is 4. The van der Waals surface area contributed by atoms with Gasteiger partial charge < -0.3 is 10.4 Å². The van der Waals surface area contributed by atoms with Crippen LogP contribution in [0.15, 0.2) is 41.5 Å². The lowest BCUT2D eigenvalue weighted by molar-refractivity contribution is -0.133. The molecule has 2 N–H and O–H groups in total. The highest BCUT2D eigenvalue weighted by atomic mass is 16.4. The van der Waals surface area contributed by atoms with E-state index in [1.165, 1.54) is 13.8 Å². The topological polar surface area (TPSA) is 66.4 Å². The Kier molecular flexibility index (Phi) is 5.30. The van der Waals surface area contributed by atoms with Gasteiger partial charge in [0, 0.05) is 11.1 Å². The van der Waals surface area contributed by atoms with E-state index < -0.39 is 5.97 Å². The number of nitrogens with one attached hydrogen (secondary N) is 1. The number of amides is 1. The molecule has 1 aromatic carbocycles. The maximum Gasteiger partial charge on any atom is 0.331 e. The van der Waals surface area contributed by atoms with Gasteiger partial charge in [-0.05, 0) is 24.8 Å². The van der Waals surface area contributed by atoms with Gasteiger partial charge in [-0.3, -0.25) is 4.79 Å². The molecule has 114 valence electrons. The van der Waals surface area contributed by atoms with Crippen molar-refractivity contribution >= 4 is 11.9 Å². The Labute approximate surface area is 125 Å². The molecule has 0 aliphatic heterocycles. The molecule has 0 radical (unpaired) electrons. The largest absolute Gasteiger partial charge is 0.478 e. The minimum absolute atomic E-state index is 0.0632. The van der Waals surface area contributed by atoms with Gasteiger partial charge in [0.05, 0.1) is 6.04 Å². The number of carbonyl (C=O) groups is 2. The Bertz CT molecular complexity index is 553. The van der Waals surface area contributed by atoms with Crippen LogP contribution in [0, 0.1) is 5.41 Å². The van der Waals surface area contributed by atoms with Gasteiger partial charge in [-0.2, -0.15) is 0 Å². The second-order valence-corrected chi connectivity index (χ2v) is 6.24. The van der Waals surface area contributed by atoms with Crippen molar-refractivity contribution in [2.45, 2.75) is 40.7 Å². The lowest BCUT2D eigenvalue weighted by Gasteiger charge is -2.32. The monoisotopic (exact) mass is 289 g/mol. The van der Waals surface area contributed by atoms with Crippen LogP contribution in [0.2, 0.25) is 0 Å². The third-order valence-corrected chi connectivity index (χ3v) is 3.50. The molecule has 0 aliphatic rings.